The van der Waals surface area contributed by atoms with E-state index in [0.29, 0.717) is 41.7 Å². The van der Waals surface area contributed by atoms with Gasteiger partial charge in [0.2, 0.25) is 0 Å². The molecule has 1 aromatic heterocycles. The fourth-order valence-electron chi connectivity index (χ4n) is 10.3. The Morgan fingerprint density at radius 3 is 2.71 bits per heavy atom. The molecule has 208 valence electrons. The van der Waals surface area contributed by atoms with Gasteiger partial charge in [0, 0.05) is 24.6 Å². The van der Waals surface area contributed by atoms with E-state index in [1.165, 1.54) is 32.1 Å². The van der Waals surface area contributed by atoms with Gasteiger partial charge in [0.05, 0.1) is 12.4 Å². The van der Waals surface area contributed by atoms with Gasteiger partial charge in [-0.05, 0) is 118 Å². The molecule has 4 saturated carbocycles. The van der Waals surface area contributed by atoms with Crippen LogP contribution in [0.5, 0.6) is 0 Å². The summed E-state index contributed by atoms with van der Waals surface area (Å²) in [6.07, 6.45) is 13.3. The lowest BCUT2D eigenvalue weighted by Crippen LogP contribution is -2.58. The molecule has 3 heterocycles. The van der Waals surface area contributed by atoms with Crippen LogP contribution in [0.15, 0.2) is 27.6 Å². The van der Waals surface area contributed by atoms with Gasteiger partial charge in [-0.1, -0.05) is 13.8 Å². The molecule has 0 unspecified atom stereocenters. The summed E-state index contributed by atoms with van der Waals surface area (Å²) in [6, 6.07) is 3.55. The van der Waals surface area contributed by atoms with E-state index in [1.54, 1.807) is 12.3 Å². The van der Waals surface area contributed by atoms with E-state index in [9.17, 15) is 9.59 Å². The van der Waals surface area contributed by atoms with Crippen molar-refractivity contribution in [1.82, 2.24) is 10.2 Å². The molecule has 1 N–H and O–H groups in total. The third-order valence-electron chi connectivity index (χ3n) is 12.3. The number of hydrogen-bond acceptors (Lipinski definition) is 6. The van der Waals surface area contributed by atoms with Crippen LogP contribution in [-0.2, 0) is 9.47 Å². The van der Waals surface area contributed by atoms with Gasteiger partial charge in [0.15, 0.2) is 0 Å². The number of carbonyl (C=O) groups excluding carboxylic acids is 1. The average molecular weight is 525 g/mol. The van der Waals surface area contributed by atoms with E-state index >= 15 is 0 Å². The van der Waals surface area contributed by atoms with Crippen LogP contribution in [-0.4, -0.2) is 55.0 Å². The zero-order chi connectivity index (χ0) is 26.1. The van der Waals surface area contributed by atoms with Crippen molar-refractivity contribution in [2.75, 3.05) is 26.2 Å². The summed E-state index contributed by atoms with van der Waals surface area (Å²) >= 11 is 0. The monoisotopic (exact) mass is 524 g/mol. The van der Waals surface area contributed by atoms with E-state index in [0.717, 1.165) is 57.3 Å². The molecule has 0 aromatic carbocycles. The Balaban J connectivity index is 1.00. The number of amides is 1. The van der Waals surface area contributed by atoms with E-state index in [4.69, 9.17) is 13.9 Å². The first kappa shape index (κ1) is 25.1. The van der Waals surface area contributed by atoms with Crippen LogP contribution in [0.3, 0.4) is 0 Å². The summed E-state index contributed by atoms with van der Waals surface area (Å²) in [5, 5.41) is 3.00. The molecule has 1 aromatic rings. The van der Waals surface area contributed by atoms with Gasteiger partial charge in [0.25, 0.3) is 0 Å². The highest BCUT2D eigenvalue weighted by Crippen LogP contribution is 2.78. The molecule has 7 rings (SSSR count). The molecule has 1 amide bonds. The number of likely N-dealkylation sites (tertiary alicyclic amines) is 1. The van der Waals surface area contributed by atoms with E-state index in [-0.39, 0.29) is 28.8 Å². The normalized spacial score (nSPS) is 45.4. The minimum Gasteiger partial charge on any atom is -0.446 e. The second kappa shape index (κ2) is 9.09. The van der Waals surface area contributed by atoms with Gasteiger partial charge in [-0.2, -0.15) is 0 Å². The molecule has 2 saturated heterocycles. The third-order valence-corrected chi connectivity index (χ3v) is 12.3. The van der Waals surface area contributed by atoms with Gasteiger partial charge in [-0.3, -0.25) is 0 Å². The lowest BCUT2D eigenvalue weighted by molar-refractivity contribution is -0.139. The number of epoxide rings is 1. The lowest BCUT2D eigenvalue weighted by Gasteiger charge is -2.61. The van der Waals surface area contributed by atoms with E-state index in [2.05, 4.69) is 24.1 Å². The number of nitrogens with zero attached hydrogens (tertiary/aromatic N) is 1. The fraction of sp³-hybridized carbons (Fsp3) is 0.806. The molecular formula is C31H44N2O5. The van der Waals surface area contributed by atoms with Crippen molar-refractivity contribution in [1.29, 1.82) is 0 Å². The third kappa shape index (κ3) is 3.74. The Morgan fingerprint density at radius 2 is 1.92 bits per heavy atom. The number of hydrogen-bond donors (Lipinski definition) is 1. The minimum atomic E-state index is -0.276. The Bertz CT molecular complexity index is 1110. The second-order valence-electron chi connectivity index (χ2n) is 13.8. The summed E-state index contributed by atoms with van der Waals surface area (Å²) in [5.74, 6) is 2.27. The zero-order valence-corrected chi connectivity index (χ0v) is 23.1. The predicted octanol–water partition coefficient (Wildman–Crippen LogP) is 5.09. The SMILES string of the molecule is C[C@]12CC[C@H](OC(=O)NCCN3CCCC3)C[C@H]1CC[C@@H]1[C@@H]2CC[C@]2(C)[C@@H](c3ccc(=O)oc3)C[C@H]3O[C@]132. The summed E-state index contributed by atoms with van der Waals surface area (Å²) in [7, 11) is 0. The molecule has 6 fully saturated rings. The highest BCUT2D eigenvalue weighted by atomic mass is 16.6. The van der Waals surface area contributed by atoms with Crippen LogP contribution in [0, 0.1) is 28.6 Å². The van der Waals surface area contributed by atoms with Crippen molar-refractivity contribution >= 4 is 6.09 Å². The van der Waals surface area contributed by atoms with Gasteiger partial charge >= 0.3 is 11.7 Å². The average Bonchev–Trinajstić information content (AvgIpc) is 3.24. The Kier molecular flexibility index (Phi) is 6.01. The maximum Gasteiger partial charge on any atom is 0.407 e. The number of fused-ring (bicyclic) bond motifs is 3. The number of nitrogens with one attached hydrogen (secondary N) is 1. The summed E-state index contributed by atoms with van der Waals surface area (Å²) < 4.78 is 17.9. The second-order valence-corrected chi connectivity index (χ2v) is 13.8. The van der Waals surface area contributed by atoms with Crippen LogP contribution in [0.2, 0.25) is 0 Å². The number of carbonyl (C=O) groups is 1. The van der Waals surface area contributed by atoms with Crippen molar-refractivity contribution in [3.05, 3.63) is 34.4 Å². The minimum absolute atomic E-state index is 0.0206. The Hall–Kier alpha value is -1.86. The molecule has 6 aliphatic rings. The molecule has 7 nitrogen and oxygen atoms in total. The Morgan fingerprint density at radius 1 is 1.08 bits per heavy atom. The first-order chi connectivity index (χ1) is 18.3. The molecule has 2 aliphatic heterocycles. The number of ether oxygens (including phenoxy) is 2. The van der Waals surface area contributed by atoms with Gasteiger partial charge in [-0.25, -0.2) is 9.59 Å². The standard InChI is InChI=1S/C31H44N2O5/c1-29-11-9-22(37-28(35)32-13-16-33-14-3-4-15-33)17-21(29)6-7-24-23(29)10-12-30(2)25(18-26-31(24,30)38-26)20-5-8-27(34)36-19-20/h5,8,19,21-26H,3-4,6-7,9-18H2,1-2H3,(H,32,35)/t21-,22+,23+,24-,25-,26-,29+,30-,31-/m1/s1. The van der Waals surface area contributed by atoms with Crippen molar-refractivity contribution in [2.24, 2.45) is 28.6 Å². The summed E-state index contributed by atoms with van der Waals surface area (Å²) in [4.78, 5) is 26.5. The van der Waals surface area contributed by atoms with Crippen LogP contribution in [0.25, 0.3) is 0 Å². The van der Waals surface area contributed by atoms with Crippen molar-refractivity contribution < 1.29 is 18.7 Å². The van der Waals surface area contributed by atoms with Crippen molar-refractivity contribution in [3.8, 4) is 0 Å². The predicted molar refractivity (Wildman–Crippen MR) is 143 cm³/mol. The van der Waals surface area contributed by atoms with E-state index < -0.39 is 0 Å². The lowest BCUT2D eigenvalue weighted by atomic mass is 9.44. The van der Waals surface area contributed by atoms with Crippen LogP contribution >= 0.6 is 0 Å². The Labute approximate surface area is 226 Å². The van der Waals surface area contributed by atoms with Gasteiger partial charge < -0.3 is 24.1 Å². The quantitative estimate of drug-likeness (QED) is 0.541. The van der Waals surface area contributed by atoms with Crippen molar-refractivity contribution in [3.63, 3.8) is 0 Å². The number of alkyl carbamates (subject to hydrolysis) is 1. The largest absolute Gasteiger partial charge is 0.446 e. The van der Waals surface area contributed by atoms with Gasteiger partial charge in [0.1, 0.15) is 11.7 Å². The molecule has 38 heavy (non-hydrogen) atoms. The topological polar surface area (TPSA) is 84.3 Å². The summed E-state index contributed by atoms with van der Waals surface area (Å²) in [6.45, 7) is 8.89. The first-order valence-electron chi connectivity index (χ1n) is 15.3. The van der Waals surface area contributed by atoms with Crippen LogP contribution < -0.4 is 10.9 Å². The smallest absolute Gasteiger partial charge is 0.407 e. The molecule has 4 aliphatic carbocycles. The molecule has 7 heteroatoms. The zero-order valence-electron chi connectivity index (χ0n) is 23.1. The van der Waals surface area contributed by atoms with Crippen LogP contribution in [0.1, 0.15) is 89.5 Å². The summed E-state index contributed by atoms with van der Waals surface area (Å²) in [5.41, 5.74) is 1.25. The molecular weight excluding hydrogens is 480 g/mol. The maximum absolute atomic E-state index is 12.5. The van der Waals surface area contributed by atoms with E-state index in [1.807, 2.05) is 6.07 Å². The molecule has 1 spiro atoms. The van der Waals surface area contributed by atoms with Crippen molar-refractivity contribution in [2.45, 2.75) is 102 Å². The first-order valence-corrected chi connectivity index (χ1v) is 15.3. The van der Waals surface area contributed by atoms with Crippen LogP contribution in [0.4, 0.5) is 4.79 Å². The molecule has 0 radical (unpaired) electrons. The molecule has 0 bridgehead atoms. The maximum atomic E-state index is 12.5. The highest BCUT2D eigenvalue weighted by Gasteiger charge is 2.80. The number of rotatable bonds is 5. The fourth-order valence-corrected chi connectivity index (χ4v) is 10.3. The highest BCUT2D eigenvalue weighted by molar-refractivity contribution is 5.67. The van der Waals surface area contributed by atoms with Gasteiger partial charge in [-0.15, -0.1) is 0 Å². The molecule has 9 atom stereocenters.